The molecule has 0 amide bonds. The number of aliphatic hydroxyl groups is 1. The van der Waals surface area contributed by atoms with E-state index in [2.05, 4.69) is 4.98 Å². The van der Waals surface area contributed by atoms with E-state index in [0.717, 1.165) is 5.69 Å². The summed E-state index contributed by atoms with van der Waals surface area (Å²) in [5.74, 6) is 0.159. The van der Waals surface area contributed by atoms with Gasteiger partial charge in [-0.05, 0) is 26.2 Å². The highest BCUT2D eigenvalue weighted by molar-refractivity contribution is 7.91. The average Bonchev–Trinajstić information content (AvgIpc) is 2.71. The summed E-state index contributed by atoms with van der Waals surface area (Å²) >= 11 is 0. The highest BCUT2D eigenvalue weighted by Crippen LogP contribution is 2.24. The van der Waals surface area contributed by atoms with Crippen molar-refractivity contribution < 1.29 is 13.5 Å². The molecule has 5 nitrogen and oxygen atoms in total. The largest absolute Gasteiger partial charge is 0.396 e. The van der Waals surface area contributed by atoms with Crippen molar-refractivity contribution >= 4 is 9.84 Å². The number of imidazole rings is 1. The first-order valence-electron chi connectivity index (χ1n) is 6.22. The Morgan fingerprint density at radius 1 is 1.33 bits per heavy atom. The lowest BCUT2D eigenvalue weighted by Crippen LogP contribution is -2.18. The van der Waals surface area contributed by atoms with Crippen LogP contribution in [0.4, 0.5) is 0 Å². The van der Waals surface area contributed by atoms with Gasteiger partial charge in [0.2, 0.25) is 15.0 Å². The second kappa shape index (κ2) is 5.84. The second-order valence-corrected chi connectivity index (χ2v) is 6.98. The number of rotatable bonds is 6. The molecule has 0 atom stereocenters. The van der Waals surface area contributed by atoms with Crippen molar-refractivity contribution in [3.63, 3.8) is 0 Å². The summed E-state index contributed by atoms with van der Waals surface area (Å²) in [6.07, 6.45) is 1.88. The highest BCUT2D eigenvalue weighted by Gasteiger charge is 2.25. The normalized spacial score (nSPS) is 12.6. The van der Waals surface area contributed by atoms with Gasteiger partial charge in [0.15, 0.2) is 0 Å². The fourth-order valence-electron chi connectivity index (χ4n) is 1.88. The Morgan fingerprint density at radius 3 is 2.39 bits per heavy atom. The van der Waals surface area contributed by atoms with E-state index in [4.69, 9.17) is 5.11 Å². The third-order valence-electron chi connectivity index (χ3n) is 2.75. The standard InChI is InChI=1S/C12H22N2O3S/c1-9(2)11-8-13-12(14(11)10(3)4)18(16,17)7-5-6-15/h8-10,15H,5-7H2,1-4H3. The Hall–Kier alpha value is -0.880. The van der Waals surface area contributed by atoms with Crippen LogP contribution in [0.25, 0.3) is 0 Å². The van der Waals surface area contributed by atoms with E-state index < -0.39 is 9.84 Å². The third kappa shape index (κ3) is 3.11. The molecule has 0 aliphatic heterocycles. The monoisotopic (exact) mass is 274 g/mol. The van der Waals surface area contributed by atoms with Gasteiger partial charge < -0.3 is 9.67 Å². The van der Waals surface area contributed by atoms with Gasteiger partial charge in [0, 0.05) is 24.5 Å². The van der Waals surface area contributed by atoms with Crippen LogP contribution in [0, 0.1) is 0 Å². The molecule has 1 aromatic rings. The number of nitrogens with zero attached hydrogens (tertiary/aromatic N) is 2. The molecule has 0 radical (unpaired) electrons. The maximum Gasteiger partial charge on any atom is 0.228 e. The van der Waals surface area contributed by atoms with Gasteiger partial charge in [0.1, 0.15) is 0 Å². The van der Waals surface area contributed by atoms with Gasteiger partial charge in [-0.15, -0.1) is 0 Å². The molecule has 0 spiro atoms. The molecule has 0 aliphatic carbocycles. The first-order chi connectivity index (χ1) is 8.31. The zero-order chi connectivity index (χ0) is 13.9. The summed E-state index contributed by atoms with van der Waals surface area (Å²) < 4.78 is 26.1. The number of hydrogen-bond donors (Lipinski definition) is 1. The Labute approximate surface area is 109 Å². The van der Waals surface area contributed by atoms with Crippen LogP contribution in [0.15, 0.2) is 11.4 Å². The van der Waals surface area contributed by atoms with Gasteiger partial charge in [-0.3, -0.25) is 0 Å². The fourth-order valence-corrected chi connectivity index (χ4v) is 3.40. The van der Waals surface area contributed by atoms with Crippen molar-refractivity contribution in [2.45, 2.75) is 51.2 Å². The van der Waals surface area contributed by atoms with E-state index >= 15 is 0 Å². The zero-order valence-corrected chi connectivity index (χ0v) is 12.2. The minimum atomic E-state index is -3.42. The molecule has 0 saturated carbocycles. The topological polar surface area (TPSA) is 72.2 Å². The van der Waals surface area contributed by atoms with Crippen LogP contribution in [0.1, 0.15) is 51.8 Å². The van der Waals surface area contributed by atoms with Crippen LogP contribution in [-0.2, 0) is 9.84 Å². The maximum atomic E-state index is 12.2. The van der Waals surface area contributed by atoms with Gasteiger partial charge in [0.05, 0.1) is 5.75 Å². The number of sulfone groups is 1. The lowest BCUT2D eigenvalue weighted by Gasteiger charge is -2.17. The minimum Gasteiger partial charge on any atom is -0.396 e. The minimum absolute atomic E-state index is 0.0452. The molecule has 0 fully saturated rings. The summed E-state index contributed by atoms with van der Waals surface area (Å²) in [4.78, 5) is 4.08. The number of aliphatic hydroxyl groups excluding tert-OH is 1. The Bertz CT molecular complexity index is 489. The van der Waals surface area contributed by atoms with E-state index in [9.17, 15) is 8.42 Å². The molecule has 1 heterocycles. The summed E-state index contributed by atoms with van der Waals surface area (Å²) in [6.45, 7) is 7.79. The number of aromatic nitrogens is 2. The molecule has 1 aromatic heterocycles. The van der Waals surface area contributed by atoms with Crippen LogP contribution in [0.3, 0.4) is 0 Å². The summed E-state index contributed by atoms with van der Waals surface area (Å²) in [5.41, 5.74) is 0.924. The molecule has 0 saturated heterocycles. The van der Waals surface area contributed by atoms with Crippen LogP contribution in [0.5, 0.6) is 0 Å². The zero-order valence-electron chi connectivity index (χ0n) is 11.4. The Balaban J connectivity index is 3.25. The second-order valence-electron chi connectivity index (χ2n) is 4.98. The van der Waals surface area contributed by atoms with Gasteiger partial charge >= 0.3 is 0 Å². The summed E-state index contributed by atoms with van der Waals surface area (Å²) in [7, 11) is -3.42. The predicted molar refractivity (Wildman–Crippen MR) is 70.5 cm³/mol. The smallest absolute Gasteiger partial charge is 0.228 e. The fraction of sp³-hybridized carbons (Fsp3) is 0.750. The van der Waals surface area contributed by atoms with Crippen LogP contribution in [0.2, 0.25) is 0 Å². The van der Waals surface area contributed by atoms with Crippen molar-refractivity contribution in [1.82, 2.24) is 9.55 Å². The van der Waals surface area contributed by atoms with E-state index in [1.54, 1.807) is 10.8 Å². The van der Waals surface area contributed by atoms with Gasteiger partial charge in [-0.1, -0.05) is 13.8 Å². The molecule has 0 aliphatic rings. The first kappa shape index (κ1) is 15.2. The molecule has 1 rings (SSSR count). The van der Waals surface area contributed by atoms with Crippen molar-refractivity contribution in [2.75, 3.05) is 12.4 Å². The van der Waals surface area contributed by atoms with Crippen LogP contribution >= 0.6 is 0 Å². The lowest BCUT2D eigenvalue weighted by atomic mass is 10.1. The van der Waals surface area contributed by atoms with Crippen molar-refractivity contribution in [2.24, 2.45) is 0 Å². The molecule has 18 heavy (non-hydrogen) atoms. The summed E-state index contributed by atoms with van der Waals surface area (Å²) in [6, 6.07) is 0.0452. The molecule has 0 bridgehead atoms. The molecule has 6 heteroatoms. The van der Waals surface area contributed by atoms with Gasteiger partial charge in [-0.2, -0.15) is 0 Å². The van der Waals surface area contributed by atoms with E-state index in [0.29, 0.717) is 0 Å². The van der Waals surface area contributed by atoms with Crippen LogP contribution < -0.4 is 0 Å². The van der Waals surface area contributed by atoms with Crippen molar-refractivity contribution in [3.8, 4) is 0 Å². The van der Waals surface area contributed by atoms with Crippen molar-refractivity contribution in [3.05, 3.63) is 11.9 Å². The highest BCUT2D eigenvalue weighted by atomic mass is 32.2. The molecular weight excluding hydrogens is 252 g/mol. The Morgan fingerprint density at radius 2 is 1.94 bits per heavy atom. The van der Waals surface area contributed by atoms with E-state index in [-0.39, 0.29) is 35.9 Å². The van der Waals surface area contributed by atoms with Crippen LogP contribution in [-0.4, -0.2) is 35.4 Å². The van der Waals surface area contributed by atoms with Crippen molar-refractivity contribution in [1.29, 1.82) is 0 Å². The molecule has 0 aromatic carbocycles. The van der Waals surface area contributed by atoms with E-state index in [1.807, 2.05) is 27.7 Å². The van der Waals surface area contributed by atoms with Gasteiger partial charge in [0.25, 0.3) is 0 Å². The third-order valence-corrected chi connectivity index (χ3v) is 4.43. The van der Waals surface area contributed by atoms with E-state index in [1.165, 1.54) is 0 Å². The average molecular weight is 274 g/mol. The summed E-state index contributed by atoms with van der Waals surface area (Å²) in [5, 5.41) is 8.88. The predicted octanol–water partition coefficient (Wildman–Crippen LogP) is 1.74. The molecule has 104 valence electrons. The van der Waals surface area contributed by atoms with Gasteiger partial charge in [-0.25, -0.2) is 13.4 Å². The molecular formula is C12H22N2O3S. The maximum absolute atomic E-state index is 12.2. The quantitative estimate of drug-likeness (QED) is 0.857. The molecule has 0 unspecified atom stereocenters. The number of hydrogen-bond acceptors (Lipinski definition) is 4. The first-order valence-corrected chi connectivity index (χ1v) is 7.87. The SMILES string of the molecule is CC(C)c1cnc(S(=O)(=O)CCCO)n1C(C)C. The lowest BCUT2D eigenvalue weighted by molar-refractivity contribution is 0.295. The molecule has 1 N–H and O–H groups in total. The Kier molecular flexibility index (Phi) is 4.92.